The average molecular weight is 485 g/mol. The smallest absolute Gasteiger partial charge is 0.193 e. The van der Waals surface area contributed by atoms with E-state index in [1.165, 1.54) is 0 Å². The number of guanidine groups is 1. The van der Waals surface area contributed by atoms with Gasteiger partial charge in [0.15, 0.2) is 5.96 Å². The van der Waals surface area contributed by atoms with Gasteiger partial charge in [-0.3, -0.25) is 4.99 Å². The number of nitrogens with one attached hydrogen (secondary N) is 1. The Morgan fingerprint density at radius 2 is 2.07 bits per heavy atom. The molecular formula is C20H32IN5O. The molecule has 2 aromatic rings. The molecule has 0 unspecified atom stereocenters. The predicted octanol–water partition coefficient (Wildman–Crippen LogP) is 3.70. The van der Waals surface area contributed by atoms with Gasteiger partial charge < -0.3 is 19.5 Å². The Morgan fingerprint density at radius 3 is 2.74 bits per heavy atom. The fraction of sp³-hybridized carbons (Fsp3) is 0.500. The molecule has 0 aliphatic carbocycles. The highest BCUT2D eigenvalue weighted by molar-refractivity contribution is 14.0. The monoisotopic (exact) mass is 485 g/mol. The lowest BCUT2D eigenvalue weighted by Crippen LogP contribution is -2.38. The van der Waals surface area contributed by atoms with E-state index in [0.29, 0.717) is 0 Å². The number of aromatic nitrogens is 2. The first-order valence-electron chi connectivity index (χ1n) is 9.24. The number of hydrogen-bond donors (Lipinski definition) is 1. The SMILES string of the molecule is CCNC(=NCCCCn1ccnc1C)N(C)Cc1ccccc1OC.I. The second-order valence-electron chi connectivity index (χ2n) is 6.28. The molecule has 0 radical (unpaired) electrons. The van der Waals surface area contributed by atoms with Gasteiger partial charge in [0.05, 0.1) is 7.11 Å². The number of ether oxygens (including phenoxy) is 1. The highest BCUT2D eigenvalue weighted by atomic mass is 127. The van der Waals surface area contributed by atoms with E-state index in [9.17, 15) is 0 Å². The molecule has 0 fully saturated rings. The van der Waals surface area contributed by atoms with Gasteiger partial charge in [-0.15, -0.1) is 24.0 Å². The lowest BCUT2D eigenvalue weighted by atomic mass is 10.2. The van der Waals surface area contributed by atoms with Crippen LogP contribution in [0, 0.1) is 6.92 Å². The van der Waals surface area contributed by atoms with Crippen molar-refractivity contribution in [3.63, 3.8) is 0 Å². The number of rotatable bonds is 9. The van der Waals surface area contributed by atoms with Crippen molar-refractivity contribution in [2.45, 2.75) is 39.8 Å². The number of methoxy groups -OCH3 is 1. The van der Waals surface area contributed by atoms with E-state index >= 15 is 0 Å². The average Bonchev–Trinajstić information content (AvgIpc) is 3.06. The maximum absolute atomic E-state index is 5.45. The van der Waals surface area contributed by atoms with Gasteiger partial charge in [-0.1, -0.05) is 18.2 Å². The van der Waals surface area contributed by atoms with Gasteiger partial charge in [-0.25, -0.2) is 4.98 Å². The molecule has 0 saturated heterocycles. The summed E-state index contributed by atoms with van der Waals surface area (Å²) in [5.74, 6) is 2.90. The van der Waals surface area contributed by atoms with Crippen LogP contribution in [0.25, 0.3) is 0 Å². The summed E-state index contributed by atoms with van der Waals surface area (Å²) in [5, 5.41) is 3.37. The number of unbranched alkanes of at least 4 members (excludes halogenated alkanes) is 1. The summed E-state index contributed by atoms with van der Waals surface area (Å²) in [6.45, 7) is 7.54. The van der Waals surface area contributed by atoms with Crippen molar-refractivity contribution < 1.29 is 4.74 Å². The zero-order valence-electron chi connectivity index (χ0n) is 16.8. The van der Waals surface area contributed by atoms with Crippen LogP contribution in [-0.2, 0) is 13.1 Å². The topological polar surface area (TPSA) is 54.7 Å². The molecule has 0 atom stereocenters. The summed E-state index contributed by atoms with van der Waals surface area (Å²) < 4.78 is 7.63. The summed E-state index contributed by atoms with van der Waals surface area (Å²) >= 11 is 0. The third-order valence-electron chi connectivity index (χ3n) is 4.29. The largest absolute Gasteiger partial charge is 0.496 e. The lowest BCUT2D eigenvalue weighted by molar-refractivity contribution is 0.396. The number of imidazole rings is 1. The van der Waals surface area contributed by atoms with E-state index in [0.717, 1.165) is 62.1 Å². The second kappa shape index (κ2) is 12.6. The Balaban J connectivity index is 0.00000364. The molecule has 27 heavy (non-hydrogen) atoms. The molecule has 0 bridgehead atoms. The van der Waals surface area contributed by atoms with Gasteiger partial charge in [0.2, 0.25) is 0 Å². The van der Waals surface area contributed by atoms with Crippen molar-refractivity contribution in [3.8, 4) is 5.75 Å². The van der Waals surface area contributed by atoms with E-state index in [-0.39, 0.29) is 24.0 Å². The Morgan fingerprint density at radius 1 is 1.30 bits per heavy atom. The highest BCUT2D eigenvalue weighted by Gasteiger charge is 2.09. The van der Waals surface area contributed by atoms with Gasteiger partial charge in [0, 0.05) is 51.2 Å². The maximum atomic E-state index is 5.45. The molecule has 0 spiro atoms. The van der Waals surface area contributed by atoms with Crippen molar-refractivity contribution in [2.24, 2.45) is 4.99 Å². The van der Waals surface area contributed by atoms with Gasteiger partial charge in [-0.05, 0) is 32.8 Å². The number of nitrogens with zero attached hydrogens (tertiary/aromatic N) is 4. The minimum atomic E-state index is 0. The molecule has 0 saturated carbocycles. The normalized spacial score (nSPS) is 11.0. The van der Waals surface area contributed by atoms with Crippen LogP contribution in [-0.4, -0.2) is 47.7 Å². The molecule has 1 aromatic carbocycles. The first-order chi connectivity index (χ1) is 12.7. The molecule has 0 aliphatic heterocycles. The molecule has 2 rings (SSSR count). The quantitative estimate of drug-likeness (QED) is 0.255. The fourth-order valence-electron chi connectivity index (χ4n) is 2.85. The number of benzene rings is 1. The van der Waals surface area contributed by atoms with Crippen LogP contribution in [0.15, 0.2) is 41.7 Å². The Kier molecular flexibility index (Phi) is 10.8. The standard InChI is InChI=1S/C20H31N5O.HI/c1-5-21-20(23-12-8-9-14-25-15-13-22-17(25)2)24(3)16-18-10-6-7-11-19(18)26-4;/h6-7,10-11,13,15H,5,8-9,12,14,16H2,1-4H3,(H,21,23);1H. The van der Waals surface area contributed by atoms with E-state index in [4.69, 9.17) is 9.73 Å². The third-order valence-corrected chi connectivity index (χ3v) is 4.29. The van der Waals surface area contributed by atoms with E-state index < -0.39 is 0 Å². The van der Waals surface area contributed by atoms with E-state index in [2.05, 4.69) is 39.8 Å². The highest BCUT2D eigenvalue weighted by Crippen LogP contribution is 2.18. The second-order valence-corrected chi connectivity index (χ2v) is 6.28. The number of aryl methyl sites for hydroxylation is 2. The Labute approximate surface area is 180 Å². The molecular weight excluding hydrogens is 453 g/mol. The molecule has 1 heterocycles. The zero-order chi connectivity index (χ0) is 18.8. The summed E-state index contributed by atoms with van der Waals surface area (Å²) in [7, 11) is 3.77. The van der Waals surface area contributed by atoms with E-state index in [1.807, 2.05) is 37.5 Å². The van der Waals surface area contributed by atoms with Crippen LogP contribution >= 0.6 is 24.0 Å². The van der Waals surface area contributed by atoms with Crippen LogP contribution in [0.2, 0.25) is 0 Å². The summed E-state index contributed by atoms with van der Waals surface area (Å²) in [6.07, 6.45) is 6.03. The number of halogens is 1. The van der Waals surface area contributed by atoms with Crippen LogP contribution < -0.4 is 10.1 Å². The van der Waals surface area contributed by atoms with Crippen LogP contribution in [0.4, 0.5) is 0 Å². The number of aliphatic imine (C=N–C) groups is 1. The molecule has 1 N–H and O–H groups in total. The molecule has 1 aromatic heterocycles. The van der Waals surface area contributed by atoms with Crippen molar-refractivity contribution >= 4 is 29.9 Å². The Bertz CT molecular complexity index is 701. The number of hydrogen-bond acceptors (Lipinski definition) is 3. The fourth-order valence-corrected chi connectivity index (χ4v) is 2.85. The molecule has 150 valence electrons. The van der Waals surface area contributed by atoms with E-state index in [1.54, 1.807) is 7.11 Å². The van der Waals surface area contributed by atoms with Crippen LogP contribution in [0.3, 0.4) is 0 Å². The summed E-state index contributed by atoms with van der Waals surface area (Å²) in [6, 6.07) is 8.11. The van der Waals surface area contributed by atoms with Crippen molar-refractivity contribution in [1.82, 2.24) is 19.8 Å². The van der Waals surface area contributed by atoms with Gasteiger partial charge in [0.25, 0.3) is 0 Å². The summed E-state index contributed by atoms with van der Waals surface area (Å²) in [4.78, 5) is 11.2. The zero-order valence-corrected chi connectivity index (χ0v) is 19.1. The first-order valence-corrected chi connectivity index (χ1v) is 9.24. The third kappa shape index (κ3) is 7.40. The van der Waals surface area contributed by atoms with Crippen molar-refractivity contribution in [1.29, 1.82) is 0 Å². The molecule has 7 heteroatoms. The van der Waals surface area contributed by atoms with Crippen LogP contribution in [0.1, 0.15) is 31.2 Å². The lowest BCUT2D eigenvalue weighted by Gasteiger charge is -2.23. The van der Waals surface area contributed by atoms with Gasteiger partial charge in [-0.2, -0.15) is 0 Å². The van der Waals surface area contributed by atoms with Crippen molar-refractivity contribution in [3.05, 3.63) is 48.0 Å². The molecule has 0 aliphatic rings. The predicted molar refractivity (Wildman–Crippen MR) is 122 cm³/mol. The molecule has 0 amide bonds. The van der Waals surface area contributed by atoms with Crippen molar-refractivity contribution in [2.75, 3.05) is 27.2 Å². The number of para-hydroxylation sites is 1. The Hall–Kier alpha value is -1.77. The first kappa shape index (κ1) is 23.3. The minimum Gasteiger partial charge on any atom is -0.496 e. The van der Waals surface area contributed by atoms with Gasteiger partial charge >= 0.3 is 0 Å². The molecule has 6 nitrogen and oxygen atoms in total. The maximum Gasteiger partial charge on any atom is 0.193 e. The van der Waals surface area contributed by atoms with Crippen LogP contribution in [0.5, 0.6) is 5.75 Å². The minimum absolute atomic E-state index is 0. The van der Waals surface area contributed by atoms with Gasteiger partial charge in [0.1, 0.15) is 11.6 Å². The summed E-state index contributed by atoms with van der Waals surface area (Å²) in [5.41, 5.74) is 1.15.